The number of likely N-dealkylation sites (N-methyl/N-ethyl adjacent to an activating group) is 1. The van der Waals surface area contributed by atoms with E-state index < -0.39 is 5.97 Å². The standard InChI is InChI=1S/C7H16N2O2/c1-9(2,3)5-6(8)4-7(10)11/h6H,4-5,8H2,1-3H3/p+1/t6-/m1/s1. The smallest absolute Gasteiger partial charge is 0.305 e. The summed E-state index contributed by atoms with van der Waals surface area (Å²) in [5.41, 5.74) is 5.56. The molecule has 0 aliphatic carbocycles. The Morgan fingerprint density at radius 1 is 1.55 bits per heavy atom. The third-order valence-corrected chi connectivity index (χ3v) is 1.22. The second-order valence-corrected chi connectivity index (χ2v) is 3.83. The van der Waals surface area contributed by atoms with Crippen LogP contribution in [0.5, 0.6) is 0 Å². The van der Waals surface area contributed by atoms with Gasteiger partial charge in [-0.3, -0.25) is 4.79 Å². The Balaban J connectivity index is 3.69. The van der Waals surface area contributed by atoms with E-state index in [1.807, 2.05) is 21.1 Å². The molecule has 0 saturated carbocycles. The van der Waals surface area contributed by atoms with E-state index in [2.05, 4.69) is 0 Å². The van der Waals surface area contributed by atoms with Crippen molar-refractivity contribution in [2.45, 2.75) is 12.5 Å². The van der Waals surface area contributed by atoms with Crippen LogP contribution < -0.4 is 5.73 Å². The van der Waals surface area contributed by atoms with Crippen LogP contribution in [0.15, 0.2) is 0 Å². The normalized spacial score (nSPS) is 14.5. The van der Waals surface area contributed by atoms with Gasteiger partial charge in [-0.1, -0.05) is 0 Å². The predicted molar refractivity (Wildman–Crippen MR) is 43.1 cm³/mol. The minimum absolute atomic E-state index is 0.0511. The van der Waals surface area contributed by atoms with Gasteiger partial charge in [-0.15, -0.1) is 0 Å². The summed E-state index contributed by atoms with van der Waals surface area (Å²) >= 11 is 0. The lowest BCUT2D eigenvalue weighted by atomic mass is 10.2. The maximum atomic E-state index is 10.2. The first-order valence-electron chi connectivity index (χ1n) is 3.59. The zero-order chi connectivity index (χ0) is 9.07. The van der Waals surface area contributed by atoms with Gasteiger partial charge in [0.15, 0.2) is 0 Å². The fourth-order valence-corrected chi connectivity index (χ4v) is 0.992. The van der Waals surface area contributed by atoms with Gasteiger partial charge in [0.2, 0.25) is 0 Å². The van der Waals surface area contributed by atoms with E-state index in [9.17, 15) is 4.79 Å². The van der Waals surface area contributed by atoms with Crippen molar-refractivity contribution in [3.8, 4) is 0 Å². The Bertz CT molecular complexity index is 140. The number of quaternary nitrogens is 1. The Labute approximate surface area is 67.2 Å². The second kappa shape index (κ2) is 3.69. The first-order valence-corrected chi connectivity index (χ1v) is 3.59. The first-order chi connectivity index (χ1) is 4.81. The van der Waals surface area contributed by atoms with Gasteiger partial charge in [0.25, 0.3) is 0 Å². The van der Waals surface area contributed by atoms with Crippen molar-refractivity contribution >= 4 is 5.97 Å². The Kier molecular flexibility index (Phi) is 3.48. The molecule has 0 aliphatic heterocycles. The highest BCUT2D eigenvalue weighted by Gasteiger charge is 2.16. The van der Waals surface area contributed by atoms with Crippen molar-refractivity contribution in [2.24, 2.45) is 5.73 Å². The number of carboxylic acids is 1. The van der Waals surface area contributed by atoms with Gasteiger partial charge in [0.1, 0.15) is 0 Å². The van der Waals surface area contributed by atoms with Crippen LogP contribution in [0.1, 0.15) is 6.42 Å². The van der Waals surface area contributed by atoms with Gasteiger partial charge in [-0.2, -0.15) is 0 Å². The summed E-state index contributed by atoms with van der Waals surface area (Å²) in [5, 5.41) is 8.39. The fraction of sp³-hybridized carbons (Fsp3) is 0.857. The van der Waals surface area contributed by atoms with E-state index in [0.29, 0.717) is 11.0 Å². The molecule has 0 radical (unpaired) electrons. The summed E-state index contributed by atoms with van der Waals surface area (Å²) in [6, 6.07) is -0.243. The maximum Gasteiger partial charge on any atom is 0.305 e. The number of carboxylic acid groups (broad SMARTS) is 1. The van der Waals surface area contributed by atoms with Crippen LogP contribution in [0, 0.1) is 0 Å². The molecule has 4 heteroatoms. The third-order valence-electron chi connectivity index (χ3n) is 1.22. The molecular formula is C7H17N2O2+. The van der Waals surface area contributed by atoms with Crippen LogP contribution in [0.3, 0.4) is 0 Å². The van der Waals surface area contributed by atoms with Crippen molar-refractivity contribution in [1.82, 2.24) is 0 Å². The van der Waals surface area contributed by atoms with Gasteiger partial charge >= 0.3 is 5.97 Å². The minimum Gasteiger partial charge on any atom is -0.481 e. The van der Waals surface area contributed by atoms with E-state index in [1.165, 1.54) is 0 Å². The van der Waals surface area contributed by atoms with Gasteiger partial charge in [0.05, 0.1) is 40.2 Å². The fourth-order valence-electron chi connectivity index (χ4n) is 0.992. The molecule has 1 atom stereocenters. The largest absolute Gasteiger partial charge is 0.481 e. The van der Waals surface area contributed by atoms with Gasteiger partial charge in [0, 0.05) is 0 Å². The summed E-state index contributed by atoms with van der Waals surface area (Å²) in [7, 11) is 5.96. The zero-order valence-corrected chi connectivity index (χ0v) is 7.37. The average Bonchev–Trinajstić information content (AvgIpc) is 1.53. The summed E-state index contributed by atoms with van der Waals surface area (Å²) in [4.78, 5) is 10.2. The molecule has 0 heterocycles. The highest BCUT2D eigenvalue weighted by atomic mass is 16.4. The summed E-state index contributed by atoms with van der Waals surface area (Å²) in [6.07, 6.45) is 0.0511. The molecule has 0 aromatic heterocycles. The van der Waals surface area contributed by atoms with E-state index >= 15 is 0 Å². The molecule has 0 spiro atoms. The Morgan fingerprint density at radius 3 is 2.27 bits per heavy atom. The molecule has 0 amide bonds. The van der Waals surface area contributed by atoms with E-state index in [0.717, 1.165) is 0 Å². The monoisotopic (exact) mass is 161 g/mol. The number of hydrogen-bond donors (Lipinski definition) is 2. The number of nitrogens with two attached hydrogens (primary N) is 1. The molecule has 0 rings (SSSR count). The number of aliphatic carboxylic acids is 1. The maximum absolute atomic E-state index is 10.2. The lowest BCUT2D eigenvalue weighted by molar-refractivity contribution is -0.871. The molecule has 11 heavy (non-hydrogen) atoms. The predicted octanol–water partition coefficient (Wildman–Crippen LogP) is -0.505. The van der Waals surface area contributed by atoms with Crippen molar-refractivity contribution in [2.75, 3.05) is 27.7 Å². The molecule has 0 aromatic rings. The average molecular weight is 161 g/mol. The van der Waals surface area contributed by atoms with Crippen LogP contribution in [-0.2, 0) is 4.79 Å². The summed E-state index contributed by atoms with van der Waals surface area (Å²) in [6.45, 7) is 0.687. The number of hydrogen-bond acceptors (Lipinski definition) is 2. The molecule has 3 N–H and O–H groups in total. The highest BCUT2D eigenvalue weighted by molar-refractivity contribution is 5.67. The highest BCUT2D eigenvalue weighted by Crippen LogP contribution is 1.96. The van der Waals surface area contributed by atoms with E-state index in [4.69, 9.17) is 10.8 Å². The number of rotatable bonds is 4. The topological polar surface area (TPSA) is 63.3 Å². The lowest BCUT2D eigenvalue weighted by Crippen LogP contribution is -2.45. The Hall–Kier alpha value is -0.610. The van der Waals surface area contributed by atoms with E-state index in [-0.39, 0.29) is 12.5 Å². The first kappa shape index (κ1) is 10.4. The van der Waals surface area contributed by atoms with Crippen LogP contribution in [-0.4, -0.2) is 49.3 Å². The lowest BCUT2D eigenvalue weighted by Gasteiger charge is -2.26. The molecule has 0 aromatic carbocycles. The van der Waals surface area contributed by atoms with Gasteiger partial charge < -0.3 is 15.3 Å². The van der Waals surface area contributed by atoms with Crippen LogP contribution in [0.25, 0.3) is 0 Å². The van der Waals surface area contributed by atoms with Gasteiger partial charge in [-0.05, 0) is 0 Å². The SMILES string of the molecule is C[N+](C)(C)C[C@H](N)CC(=O)O. The van der Waals surface area contributed by atoms with Gasteiger partial charge in [-0.25, -0.2) is 0 Å². The zero-order valence-electron chi connectivity index (χ0n) is 7.37. The van der Waals surface area contributed by atoms with Crippen molar-refractivity contribution in [3.63, 3.8) is 0 Å². The number of carbonyl (C=O) groups is 1. The third kappa shape index (κ3) is 7.29. The van der Waals surface area contributed by atoms with Crippen molar-refractivity contribution in [3.05, 3.63) is 0 Å². The molecule has 4 nitrogen and oxygen atoms in total. The second-order valence-electron chi connectivity index (χ2n) is 3.83. The molecule has 66 valence electrons. The molecule has 0 fully saturated rings. The number of nitrogens with zero attached hydrogens (tertiary/aromatic N) is 1. The minimum atomic E-state index is -0.828. The van der Waals surface area contributed by atoms with Crippen molar-refractivity contribution in [1.29, 1.82) is 0 Å². The molecule has 0 aliphatic rings. The summed E-state index contributed by atoms with van der Waals surface area (Å²) < 4.78 is 0.703. The van der Waals surface area contributed by atoms with Crippen LogP contribution >= 0.6 is 0 Å². The molecule has 0 saturated heterocycles. The quantitative estimate of drug-likeness (QED) is 0.546. The molecular weight excluding hydrogens is 144 g/mol. The molecule has 0 bridgehead atoms. The van der Waals surface area contributed by atoms with E-state index in [1.54, 1.807) is 0 Å². The van der Waals surface area contributed by atoms with Crippen LogP contribution in [0.4, 0.5) is 0 Å². The van der Waals surface area contributed by atoms with Crippen molar-refractivity contribution < 1.29 is 14.4 Å². The molecule has 0 unspecified atom stereocenters. The van der Waals surface area contributed by atoms with Crippen LogP contribution in [0.2, 0.25) is 0 Å². The summed E-state index contributed by atoms with van der Waals surface area (Å²) in [5.74, 6) is -0.828. The Morgan fingerprint density at radius 2 is 2.00 bits per heavy atom.